The van der Waals surface area contributed by atoms with Crippen molar-refractivity contribution < 1.29 is 19.4 Å². The van der Waals surface area contributed by atoms with E-state index in [0.717, 1.165) is 11.3 Å². The van der Waals surface area contributed by atoms with Crippen LogP contribution in [0.25, 0.3) is 0 Å². The molecule has 0 aliphatic rings. The van der Waals surface area contributed by atoms with Crippen molar-refractivity contribution in [2.75, 3.05) is 6.61 Å². The van der Waals surface area contributed by atoms with Crippen LogP contribution >= 0.6 is 0 Å². The second-order valence-electron chi connectivity index (χ2n) is 7.59. The summed E-state index contributed by atoms with van der Waals surface area (Å²) in [5.41, 5.74) is 0.199. The zero-order chi connectivity index (χ0) is 17.7. The molecular weight excluding hydrogens is 294 g/mol. The summed E-state index contributed by atoms with van der Waals surface area (Å²) in [7, 11) is 0. The van der Waals surface area contributed by atoms with Crippen molar-refractivity contribution >= 4 is 6.09 Å². The Morgan fingerprint density at radius 3 is 2.09 bits per heavy atom. The fourth-order valence-corrected chi connectivity index (χ4v) is 1.97. The molecule has 0 unspecified atom stereocenters. The molecule has 0 aliphatic carbocycles. The number of rotatable bonds is 5. The van der Waals surface area contributed by atoms with Gasteiger partial charge in [-0.15, -0.1) is 0 Å². The molecule has 0 radical (unpaired) electrons. The topological polar surface area (TPSA) is 67.8 Å². The van der Waals surface area contributed by atoms with E-state index >= 15 is 0 Å². The van der Waals surface area contributed by atoms with Crippen molar-refractivity contribution in [2.45, 2.75) is 65.2 Å². The van der Waals surface area contributed by atoms with Gasteiger partial charge in [0.15, 0.2) is 0 Å². The Kier molecular flexibility index (Phi) is 6.45. The van der Waals surface area contributed by atoms with Crippen LogP contribution < -0.4 is 10.1 Å². The highest BCUT2D eigenvalue weighted by Crippen LogP contribution is 2.19. The first-order valence-electron chi connectivity index (χ1n) is 7.87. The molecule has 0 spiro atoms. The molecule has 1 atom stereocenters. The highest BCUT2D eigenvalue weighted by atomic mass is 16.6. The second kappa shape index (κ2) is 7.68. The van der Waals surface area contributed by atoms with Gasteiger partial charge in [-0.25, -0.2) is 4.79 Å². The third kappa shape index (κ3) is 8.45. The van der Waals surface area contributed by atoms with Crippen LogP contribution in [-0.2, 0) is 11.2 Å². The number of ether oxygens (including phenoxy) is 2. The van der Waals surface area contributed by atoms with E-state index in [0.29, 0.717) is 6.42 Å². The van der Waals surface area contributed by atoms with Gasteiger partial charge in [-0.1, -0.05) is 12.1 Å². The summed E-state index contributed by atoms with van der Waals surface area (Å²) in [5, 5.41) is 12.1. The first-order valence-corrected chi connectivity index (χ1v) is 7.87. The predicted molar refractivity (Wildman–Crippen MR) is 90.8 cm³/mol. The van der Waals surface area contributed by atoms with Crippen LogP contribution in [0.1, 0.15) is 47.1 Å². The molecule has 5 heteroatoms. The molecule has 5 nitrogen and oxygen atoms in total. The lowest BCUT2D eigenvalue weighted by Crippen LogP contribution is -2.42. The monoisotopic (exact) mass is 323 g/mol. The van der Waals surface area contributed by atoms with Gasteiger partial charge in [0, 0.05) is 0 Å². The summed E-state index contributed by atoms with van der Waals surface area (Å²) >= 11 is 0. The average Bonchev–Trinajstić information content (AvgIpc) is 2.36. The SMILES string of the molecule is CC(C)(C)OC(=O)N[C@@H](CO)Cc1ccc(OC(C)(C)C)cc1. The lowest BCUT2D eigenvalue weighted by molar-refractivity contribution is 0.0482. The lowest BCUT2D eigenvalue weighted by atomic mass is 10.1. The van der Waals surface area contributed by atoms with Crippen molar-refractivity contribution in [3.05, 3.63) is 29.8 Å². The first kappa shape index (κ1) is 19.3. The minimum absolute atomic E-state index is 0.153. The molecule has 1 amide bonds. The normalized spacial score (nSPS) is 13.3. The quantitative estimate of drug-likeness (QED) is 0.872. The number of alkyl carbamates (subject to hydrolysis) is 1. The zero-order valence-electron chi connectivity index (χ0n) is 15.0. The number of carbonyl (C=O) groups excluding carboxylic acids is 1. The highest BCUT2D eigenvalue weighted by molar-refractivity contribution is 5.68. The molecule has 0 aromatic heterocycles. The Labute approximate surface area is 139 Å². The Balaban J connectivity index is 2.60. The zero-order valence-corrected chi connectivity index (χ0v) is 15.0. The van der Waals surface area contributed by atoms with Crippen molar-refractivity contribution in [2.24, 2.45) is 0 Å². The third-order valence-electron chi connectivity index (χ3n) is 2.77. The Hall–Kier alpha value is -1.75. The van der Waals surface area contributed by atoms with Gasteiger partial charge in [0.2, 0.25) is 0 Å². The Morgan fingerprint density at radius 1 is 1.09 bits per heavy atom. The summed E-state index contributed by atoms with van der Waals surface area (Å²) in [5.74, 6) is 0.793. The van der Waals surface area contributed by atoms with Crippen molar-refractivity contribution in [3.63, 3.8) is 0 Å². The molecule has 23 heavy (non-hydrogen) atoms. The molecule has 0 fully saturated rings. The van der Waals surface area contributed by atoms with Crippen LogP contribution in [0.2, 0.25) is 0 Å². The number of amides is 1. The molecule has 130 valence electrons. The Morgan fingerprint density at radius 2 is 1.65 bits per heavy atom. The van der Waals surface area contributed by atoms with Crippen molar-refractivity contribution in [3.8, 4) is 5.75 Å². The van der Waals surface area contributed by atoms with E-state index in [9.17, 15) is 9.90 Å². The van der Waals surface area contributed by atoms with E-state index in [1.165, 1.54) is 0 Å². The van der Waals surface area contributed by atoms with E-state index in [1.807, 2.05) is 45.0 Å². The molecule has 1 aromatic rings. The van der Waals surface area contributed by atoms with Crippen LogP contribution in [0.5, 0.6) is 5.75 Å². The number of hydrogen-bond donors (Lipinski definition) is 2. The fourth-order valence-electron chi connectivity index (χ4n) is 1.97. The van der Waals surface area contributed by atoms with Gasteiger partial charge in [0.25, 0.3) is 0 Å². The molecule has 2 N–H and O–H groups in total. The maximum atomic E-state index is 11.8. The van der Waals surface area contributed by atoms with E-state index in [2.05, 4.69) is 5.32 Å². The maximum Gasteiger partial charge on any atom is 0.407 e. The lowest BCUT2D eigenvalue weighted by Gasteiger charge is -2.23. The summed E-state index contributed by atoms with van der Waals surface area (Å²) in [4.78, 5) is 11.8. The molecule has 0 saturated heterocycles. The molecule has 0 aliphatic heterocycles. The van der Waals surface area contributed by atoms with Crippen molar-refractivity contribution in [1.82, 2.24) is 5.32 Å². The Bertz CT molecular complexity index is 497. The number of carbonyl (C=O) groups is 1. The third-order valence-corrected chi connectivity index (χ3v) is 2.77. The number of nitrogens with one attached hydrogen (secondary N) is 1. The summed E-state index contributed by atoms with van der Waals surface area (Å²) in [6, 6.07) is 7.26. The van der Waals surface area contributed by atoms with E-state index in [-0.39, 0.29) is 18.2 Å². The van der Waals surface area contributed by atoms with Gasteiger partial charge in [0.05, 0.1) is 12.6 Å². The second-order valence-corrected chi connectivity index (χ2v) is 7.59. The van der Waals surface area contributed by atoms with Crippen LogP contribution in [0.3, 0.4) is 0 Å². The molecular formula is C18H29NO4. The maximum absolute atomic E-state index is 11.8. The van der Waals surface area contributed by atoms with Gasteiger partial charge in [-0.05, 0) is 65.7 Å². The van der Waals surface area contributed by atoms with Gasteiger partial charge >= 0.3 is 6.09 Å². The molecule has 0 bridgehead atoms. The van der Waals surface area contributed by atoms with Crippen LogP contribution in [-0.4, -0.2) is 35.1 Å². The summed E-state index contributed by atoms with van der Waals surface area (Å²) < 4.78 is 11.0. The first-order chi connectivity index (χ1) is 10.5. The standard InChI is InChI=1S/C18H29NO4/c1-17(2,3)22-15-9-7-13(8-10-15)11-14(12-20)19-16(21)23-18(4,5)6/h7-10,14,20H,11-12H2,1-6H3,(H,19,21)/t14-/m1/s1. The van der Waals surface area contributed by atoms with Crippen LogP contribution in [0.15, 0.2) is 24.3 Å². The number of aliphatic hydroxyl groups excluding tert-OH is 1. The highest BCUT2D eigenvalue weighted by Gasteiger charge is 2.19. The molecule has 1 aromatic carbocycles. The van der Waals surface area contributed by atoms with Crippen LogP contribution in [0.4, 0.5) is 4.79 Å². The number of aliphatic hydroxyl groups is 1. The molecule has 0 heterocycles. The average molecular weight is 323 g/mol. The van der Waals surface area contributed by atoms with E-state index in [1.54, 1.807) is 20.8 Å². The van der Waals surface area contributed by atoms with E-state index in [4.69, 9.17) is 9.47 Å². The summed E-state index contributed by atoms with van der Waals surface area (Å²) in [6.45, 7) is 11.2. The van der Waals surface area contributed by atoms with Gasteiger partial charge in [-0.2, -0.15) is 0 Å². The van der Waals surface area contributed by atoms with Gasteiger partial charge in [-0.3, -0.25) is 0 Å². The predicted octanol–water partition coefficient (Wildman–Crippen LogP) is 3.29. The van der Waals surface area contributed by atoms with Crippen LogP contribution in [0, 0.1) is 0 Å². The molecule has 1 rings (SSSR count). The minimum atomic E-state index is -0.559. The number of benzene rings is 1. The smallest absolute Gasteiger partial charge is 0.407 e. The minimum Gasteiger partial charge on any atom is -0.488 e. The number of hydrogen-bond acceptors (Lipinski definition) is 4. The molecule has 0 saturated carbocycles. The largest absolute Gasteiger partial charge is 0.488 e. The van der Waals surface area contributed by atoms with E-state index < -0.39 is 11.7 Å². The summed E-state index contributed by atoms with van der Waals surface area (Å²) in [6.07, 6.45) is -0.00447. The van der Waals surface area contributed by atoms with Crippen molar-refractivity contribution in [1.29, 1.82) is 0 Å². The van der Waals surface area contributed by atoms with Gasteiger partial charge < -0.3 is 19.9 Å². The van der Waals surface area contributed by atoms with Gasteiger partial charge in [0.1, 0.15) is 17.0 Å². The fraction of sp³-hybridized carbons (Fsp3) is 0.611.